The Labute approximate surface area is 157 Å². The van der Waals surface area contributed by atoms with E-state index in [2.05, 4.69) is 10.1 Å². The first-order chi connectivity index (χ1) is 13.0. The third-order valence-corrected chi connectivity index (χ3v) is 3.61. The summed E-state index contributed by atoms with van der Waals surface area (Å²) in [6.07, 6.45) is -0.428. The fraction of sp³-hybridized carbons (Fsp3) is 0.250. The van der Waals surface area contributed by atoms with Crippen molar-refractivity contribution in [2.45, 2.75) is 19.4 Å². The molecule has 0 aliphatic carbocycles. The van der Waals surface area contributed by atoms with Crippen LogP contribution in [0.1, 0.15) is 23.7 Å². The predicted molar refractivity (Wildman–Crippen MR) is 98.5 cm³/mol. The van der Waals surface area contributed by atoms with Crippen molar-refractivity contribution in [3.63, 3.8) is 0 Å². The van der Waals surface area contributed by atoms with Crippen molar-refractivity contribution in [1.29, 1.82) is 0 Å². The minimum atomic E-state index is -0.817. The normalized spacial score (nSPS) is 11.2. The Morgan fingerprint density at radius 3 is 2.33 bits per heavy atom. The molecule has 0 radical (unpaired) electrons. The number of methoxy groups -OCH3 is 1. The topological polar surface area (TPSA) is 90.9 Å². The lowest BCUT2D eigenvalue weighted by molar-refractivity contribution is -0.154. The van der Waals surface area contributed by atoms with Crippen LogP contribution < -0.4 is 10.1 Å². The minimum absolute atomic E-state index is 0.207. The van der Waals surface area contributed by atoms with Gasteiger partial charge in [-0.25, -0.2) is 9.59 Å². The molecule has 0 heterocycles. The Morgan fingerprint density at radius 1 is 1.00 bits per heavy atom. The third-order valence-electron chi connectivity index (χ3n) is 3.61. The van der Waals surface area contributed by atoms with Gasteiger partial charge in [0.15, 0.2) is 12.7 Å². The van der Waals surface area contributed by atoms with Crippen LogP contribution in [-0.4, -0.2) is 37.7 Å². The van der Waals surface area contributed by atoms with Crippen molar-refractivity contribution < 1.29 is 28.6 Å². The van der Waals surface area contributed by atoms with Crippen molar-refractivity contribution in [2.75, 3.05) is 19.0 Å². The molecule has 1 N–H and O–H groups in total. The first kappa shape index (κ1) is 20.0. The average molecular weight is 371 g/mol. The smallest absolute Gasteiger partial charge is 0.347 e. The summed E-state index contributed by atoms with van der Waals surface area (Å²) in [5.74, 6) is -1.25. The van der Waals surface area contributed by atoms with Crippen LogP contribution in [0.5, 0.6) is 5.75 Å². The van der Waals surface area contributed by atoms with E-state index in [4.69, 9.17) is 9.47 Å². The molecular formula is C20H21NO6. The number of rotatable bonds is 8. The number of para-hydroxylation sites is 2. The minimum Gasteiger partial charge on any atom is -0.479 e. The monoisotopic (exact) mass is 371 g/mol. The summed E-state index contributed by atoms with van der Waals surface area (Å²) in [6, 6.07) is 15.3. The molecule has 1 amide bonds. The number of anilines is 1. The Kier molecular flexibility index (Phi) is 7.37. The van der Waals surface area contributed by atoms with E-state index in [9.17, 15) is 14.4 Å². The Balaban J connectivity index is 1.91. The summed E-state index contributed by atoms with van der Waals surface area (Å²) < 4.78 is 15.3. The maximum Gasteiger partial charge on any atom is 0.347 e. The van der Waals surface area contributed by atoms with Crippen LogP contribution in [0.2, 0.25) is 0 Å². The average Bonchev–Trinajstić information content (AvgIpc) is 2.70. The number of carbonyl (C=O) groups excluding carboxylic acids is 3. The zero-order valence-corrected chi connectivity index (χ0v) is 15.1. The second kappa shape index (κ2) is 9.96. The van der Waals surface area contributed by atoms with Gasteiger partial charge in [-0.05, 0) is 30.7 Å². The molecule has 2 rings (SSSR count). The fourth-order valence-corrected chi connectivity index (χ4v) is 2.26. The summed E-state index contributed by atoms with van der Waals surface area (Å²) in [6.45, 7) is 1.28. The van der Waals surface area contributed by atoms with Crippen LogP contribution in [0.3, 0.4) is 0 Å². The van der Waals surface area contributed by atoms with Gasteiger partial charge in [0.1, 0.15) is 5.75 Å². The van der Waals surface area contributed by atoms with Gasteiger partial charge in [0.2, 0.25) is 0 Å². The van der Waals surface area contributed by atoms with E-state index >= 15 is 0 Å². The quantitative estimate of drug-likeness (QED) is 0.718. The summed E-state index contributed by atoms with van der Waals surface area (Å²) in [7, 11) is 1.25. The molecule has 0 bridgehead atoms. The van der Waals surface area contributed by atoms with E-state index in [1.807, 2.05) is 6.07 Å². The first-order valence-electron chi connectivity index (χ1n) is 8.40. The van der Waals surface area contributed by atoms with Crippen LogP contribution in [0.4, 0.5) is 5.69 Å². The lowest BCUT2D eigenvalue weighted by Gasteiger charge is -2.16. The highest BCUT2D eigenvalue weighted by molar-refractivity contribution is 6.01. The molecule has 1 atom stereocenters. The molecule has 2 aromatic carbocycles. The van der Waals surface area contributed by atoms with E-state index in [0.29, 0.717) is 12.2 Å². The van der Waals surface area contributed by atoms with E-state index in [1.165, 1.54) is 13.2 Å². The standard InChI is InChI=1S/C20H21NO6/c1-3-17(27-14-9-5-4-6-10-14)20(24)26-13-18(22)21-16-12-8-7-11-15(16)19(23)25-2/h4-12,17H,3,13H2,1-2H3,(H,21,22)/t17-/m1/s1. The van der Waals surface area contributed by atoms with Gasteiger partial charge in [-0.15, -0.1) is 0 Å². The van der Waals surface area contributed by atoms with Gasteiger partial charge < -0.3 is 19.5 Å². The van der Waals surface area contributed by atoms with Crippen LogP contribution >= 0.6 is 0 Å². The van der Waals surface area contributed by atoms with Gasteiger partial charge in [0, 0.05) is 0 Å². The van der Waals surface area contributed by atoms with Gasteiger partial charge in [0.25, 0.3) is 5.91 Å². The molecule has 0 aliphatic heterocycles. The van der Waals surface area contributed by atoms with Gasteiger partial charge >= 0.3 is 11.9 Å². The van der Waals surface area contributed by atoms with Crippen LogP contribution in [0.25, 0.3) is 0 Å². The molecule has 2 aromatic rings. The highest BCUT2D eigenvalue weighted by Gasteiger charge is 2.21. The molecule has 142 valence electrons. The van der Waals surface area contributed by atoms with Gasteiger partial charge in [-0.1, -0.05) is 37.3 Å². The van der Waals surface area contributed by atoms with Gasteiger partial charge in [0.05, 0.1) is 18.4 Å². The molecule has 0 fully saturated rings. The Hall–Kier alpha value is -3.35. The van der Waals surface area contributed by atoms with Crippen molar-refractivity contribution >= 4 is 23.5 Å². The molecule has 0 aliphatic rings. The second-order valence-corrected chi connectivity index (χ2v) is 5.52. The molecular weight excluding hydrogens is 350 g/mol. The number of esters is 2. The lowest BCUT2D eigenvalue weighted by Crippen LogP contribution is -2.31. The van der Waals surface area contributed by atoms with Crippen molar-refractivity contribution in [3.8, 4) is 5.75 Å². The van der Waals surface area contributed by atoms with E-state index in [1.54, 1.807) is 49.4 Å². The fourth-order valence-electron chi connectivity index (χ4n) is 2.26. The predicted octanol–water partition coefficient (Wildman–Crippen LogP) is 2.81. The lowest BCUT2D eigenvalue weighted by atomic mass is 10.2. The van der Waals surface area contributed by atoms with Crippen LogP contribution in [0.15, 0.2) is 54.6 Å². The Bertz CT molecular complexity index is 790. The molecule has 27 heavy (non-hydrogen) atoms. The SMILES string of the molecule is CC[C@@H](Oc1ccccc1)C(=O)OCC(=O)Nc1ccccc1C(=O)OC. The summed E-state index contributed by atoms with van der Waals surface area (Å²) in [5.41, 5.74) is 0.483. The molecule has 0 spiro atoms. The maximum absolute atomic E-state index is 12.2. The number of ether oxygens (including phenoxy) is 3. The van der Waals surface area contributed by atoms with Gasteiger partial charge in [-0.2, -0.15) is 0 Å². The molecule has 0 aromatic heterocycles. The summed E-state index contributed by atoms with van der Waals surface area (Å²) in [5, 5.41) is 2.53. The zero-order valence-electron chi connectivity index (χ0n) is 15.1. The van der Waals surface area contributed by atoms with E-state index in [-0.39, 0.29) is 11.3 Å². The summed E-state index contributed by atoms with van der Waals surface area (Å²) >= 11 is 0. The number of carbonyl (C=O) groups is 3. The largest absolute Gasteiger partial charge is 0.479 e. The molecule has 0 unspecified atom stereocenters. The third kappa shape index (κ3) is 5.85. The molecule has 0 saturated heterocycles. The first-order valence-corrected chi connectivity index (χ1v) is 8.40. The number of benzene rings is 2. The molecule has 0 saturated carbocycles. The second-order valence-electron chi connectivity index (χ2n) is 5.52. The van der Waals surface area contributed by atoms with Crippen molar-refractivity contribution in [3.05, 3.63) is 60.2 Å². The number of nitrogens with one attached hydrogen (secondary N) is 1. The molecule has 7 heteroatoms. The van der Waals surface area contributed by atoms with Crippen LogP contribution in [-0.2, 0) is 19.1 Å². The van der Waals surface area contributed by atoms with Crippen molar-refractivity contribution in [1.82, 2.24) is 0 Å². The van der Waals surface area contributed by atoms with Gasteiger partial charge in [-0.3, -0.25) is 4.79 Å². The number of hydrogen-bond acceptors (Lipinski definition) is 6. The van der Waals surface area contributed by atoms with Crippen LogP contribution in [0, 0.1) is 0 Å². The van der Waals surface area contributed by atoms with E-state index in [0.717, 1.165) is 0 Å². The number of amides is 1. The molecule has 7 nitrogen and oxygen atoms in total. The van der Waals surface area contributed by atoms with Crippen molar-refractivity contribution in [2.24, 2.45) is 0 Å². The Morgan fingerprint density at radius 2 is 1.67 bits per heavy atom. The highest BCUT2D eigenvalue weighted by atomic mass is 16.6. The number of hydrogen-bond donors (Lipinski definition) is 1. The zero-order chi connectivity index (χ0) is 19.6. The highest BCUT2D eigenvalue weighted by Crippen LogP contribution is 2.16. The maximum atomic E-state index is 12.2. The summed E-state index contributed by atoms with van der Waals surface area (Å²) in [4.78, 5) is 35.9. The van der Waals surface area contributed by atoms with E-state index < -0.39 is 30.6 Å².